The van der Waals surface area contributed by atoms with E-state index in [4.69, 9.17) is 21.1 Å². The van der Waals surface area contributed by atoms with E-state index in [1.165, 1.54) is 18.4 Å². The molecule has 0 radical (unpaired) electrons. The van der Waals surface area contributed by atoms with Gasteiger partial charge in [-0.1, -0.05) is 24.6 Å². The smallest absolute Gasteiger partial charge is 0.137 e. The van der Waals surface area contributed by atoms with Crippen LogP contribution in [0.25, 0.3) is 0 Å². The third kappa shape index (κ3) is 3.87. The van der Waals surface area contributed by atoms with Crippen molar-refractivity contribution in [2.45, 2.75) is 44.8 Å². The maximum atomic E-state index is 6.25. The highest BCUT2D eigenvalue weighted by atomic mass is 35.5. The molecule has 0 aliphatic carbocycles. The lowest BCUT2D eigenvalue weighted by atomic mass is 9.95. The highest BCUT2D eigenvalue weighted by Gasteiger charge is 2.26. The lowest BCUT2D eigenvalue weighted by molar-refractivity contribution is -0.00815. The number of nitrogens with one attached hydrogen (secondary N) is 1. The molecule has 0 bridgehead atoms. The molecule has 0 saturated carbocycles. The van der Waals surface area contributed by atoms with Gasteiger partial charge in [0, 0.05) is 6.61 Å². The van der Waals surface area contributed by atoms with Crippen LogP contribution in [0, 0.1) is 0 Å². The fourth-order valence-corrected chi connectivity index (χ4v) is 2.93. The summed E-state index contributed by atoms with van der Waals surface area (Å²) in [5, 5.41) is 4.25. The van der Waals surface area contributed by atoms with Crippen LogP contribution >= 0.6 is 11.6 Å². The molecule has 20 heavy (non-hydrogen) atoms. The van der Waals surface area contributed by atoms with Crippen molar-refractivity contribution in [3.8, 4) is 5.75 Å². The molecule has 1 aliphatic rings. The van der Waals surface area contributed by atoms with Crippen molar-refractivity contribution in [2.75, 3.05) is 20.3 Å². The summed E-state index contributed by atoms with van der Waals surface area (Å²) in [5.74, 6) is 0.717. The van der Waals surface area contributed by atoms with Gasteiger partial charge in [0.2, 0.25) is 0 Å². The van der Waals surface area contributed by atoms with Gasteiger partial charge in [-0.3, -0.25) is 0 Å². The number of rotatable bonds is 6. The molecule has 2 rings (SSSR count). The second-order valence-corrected chi connectivity index (χ2v) is 5.64. The predicted molar refractivity (Wildman–Crippen MR) is 82.6 cm³/mol. The molecule has 112 valence electrons. The van der Waals surface area contributed by atoms with Gasteiger partial charge >= 0.3 is 0 Å². The van der Waals surface area contributed by atoms with Gasteiger partial charge < -0.3 is 14.8 Å². The minimum Gasteiger partial charge on any atom is -0.495 e. The fourth-order valence-electron chi connectivity index (χ4n) is 2.67. The van der Waals surface area contributed by atoms with Crippen LogP contribution in [0.3, 0.4) is 0 Å². The lowest BCUT2D eigenvalue weighted by Gasteiger charge is -2.31. The minimum absolute atomic E-state index is 0.207. The molecular weight excluding hydrogens is 274 g/mol. The second-order valence-electron chi connectivity index (χ2n) is 5.23. The Hall–Kier alpha value is -0.770. The molecular formula is C16H24ClNO2. The van der Waals surface area contributed by atoms with E-state index in [2.05, 4.69) is 18.3 Å². The number of hydrogen-bond acceptors (Lipinski definition) is 3. The first-order chi connectivity index (χ1) is 9.76. The summed E-state index contributed by atoms with van der Waals surface area (Å²) in [6.45, 7) is 4.01. The Morgan fingerprint density at radius 3 is 2.90 bits per heavy atom. The van der Waals surface area contributed by atoms with E-state index in [1.54, 1.807) is 7.11 Å². The summed E-state index contributed by atoms with van der Waals surface area (Å²) in [7, 11) is 1.64. The number of hydrogen-bond donors (Lipinski definition) is 1. The van der Waals surface area contributed by atoms with Gasteiger partial charge in [-0.25, -0.2) is 0 Å². The van der Waals surface area contributed by atoms with Crippen molar-refractivity contribution < 1.29 is 9.47 Å². The van der Waals surface area contributed by atoms with Crippen LogP contribution in [0.15, 0.2) is 18.2 Å². The first-order valence-corrected chi connectivity index (χ1v) is 7.82. The van der Waals surface area contributed by atoms with Crippen LogP contribution in [-0.4, -0.2) is 26.4 Å². The molecule has 1 saturated heterocycles. The molecule has 2 atom stereocenters. The van der Waals surface area contributed by atoms with Crippen molar-refractivity contribution in [2.24, 2.45) is 0 Å². The minimum atomic E-state index is 0.207. The van der Waals surface area contributed by atoms with E-state index in [9.17, 15) is 0 Å². The Bertz CT molecular complexity index is 419. The summed E-state index contributed by atoms with van der Waals surface area (Å²) < 4.78 is 11.2. The monoisotopic (exact) mass is 297 g/mol. The zero-order chi connectivity index (χ0) is 14.4. The van der Waals surface area contributed by atoms with Gasteiger partial charge in [0.25, 0.3) is 0 Å². The average molecular weight is 298 g/mol. The summed E-state index contributed by atoms with van der Waals surface area (Å²) in [5.41, 5.74) is 1.18. The van der Waals surface area contributed by atoms with E-state index in [0.29, 0.717) is 10.8 Å². The Balaban J connectivity index is 2.18. The Kier molecular flexibility index (Phi) is 6.14. The molecule has 1 heterocycles. The van der Waals surface area contributed by atoms with Crippen LogP contribution in [0.5, 0.6) is 5.75 Å². The van der Waals surface area contributed by atoms with E-state index in [1.807, 2.05) is 12.1 Å². The molecule has 1 aromatic rings. The fraction of sp³-hybridized carbons (Fsp3) is 0.625. The van der Waals surface area contributed by atoms with E-state index in [0.717, 1.165) is 26.0 Å². The zero-order valence-corrected chi connectivity index (χ0v) is 13.1. The third-order valence-corrected chi connectivity index (χ3v) is 4.03. The van der Waals surface area contributed by atoms with Crippen LogP contribution in [-0.2, 0) is 4.74 Å². The standard InChI is InChI=1S/C16H24ClNO2/c1-3-9-18-16(15-6-4-5-10-20-15)12-7-8-14(19-2)13(17)11-12/h7-8,11,15-16,18H,3-6,9-10H2,1-2H3. The molecule has 1 fully saturated rings. The van der Waals surface area contributed by atoms with Crippen molar-refractivity contribution in [3.63, 3.8) is 0 Å². The Morgan fingerprint density at radius 2 is 2.30 bits per heavy atom. The molecule has 1 N–H and O–H groups in total. The zero-order valence-electron chi connectivity index (χ0n) is 12.3. The van der Waals surface area contributed by atoms with Crippen molar-refractivity contribution >= 4 is 11.6 Å². The van der Waals surface area contributed by atoms with Crippen LogP contribution in [0.2, 0.25) is 5.02 Å². The summed E-state index contributed by atoms with van der Waals surface area (Å²) in [6.07, 6.45) is 4.84. The molecule has 2 unspecified atom stereocenters. The van der Waals surface area contributed by atoms with Crippen LogP contribution in [0.1, 0.15) is 44.2 Å². The first kappa shape index (κ1) is 15.6. The van der Waals surface area contributed by atoms with Gasteiger partial charge in [0.1, 0.15) is 5.75 Å². The van der Waals surface area contributed by atoms with Crippen LogP contribution < -0.4 is 10.1 Å². The molecule has 1 aliphatic heterocycles. The number of benzene rings is 1. The van der Waals surface area contributed by atoms with E-state index < -0.39 is 0 Å². The predicted octanol–water partition coefficient (Wildman–Crippen LogP) is 3.96. The van der Waals surface area contributed by atoms with Crippen molar-refractivity contribution in [3.05, 3.63) is 28.8 Å². The highest BCUT2D eigenvalue weighted by molar-refractivity contribution is 6.32. The largest absolute Gasteiger partial charge is 0.495 e. The molecule has 4 heteroatoms. The molecule has 3 nitrogen and oxygen atoms in total. The third-order valence-electron chi connectivity index (χ3n) is 3.74. The summed E-state index contributed by atoms with van der Waals surface area (Å²) in [6, 6.07) is 6.21. The SMILES string of the molecule is CCCNC(c1ccc(OC)c(Cl)c1)C1CCCCO1. The molecule has 0 spiro atoms. The Labute approximate surface area is 126 Å². The topological polar surface area (TPSA) is 30.5 Å². The van der Waals surface area contributed by atoms with Crippen LogP contribution in [0.4, 0.5) is 0 Å². The average Bonchev–Trinajstić information content (AvgIpc) is 2.49. The maximum Gasteiger partial charge on any atom is 0.137 e. The van der Waals surface area contributed by atoms with Gasteiger partial charge in [-0.15, -0.1) is 0 Å². The number of methoxy groups -OCH3 is 1. The van der Waals surface area contributed by atoms with E-state index >= 15 is 0 Å². The summed E-state index contributed by atoms with van der Waals surface area (Å²) >= 11 is 6.25. The molecule has 0 aromatic heterocycles. The van der Waals surface area contributed by atoms with Crippen molar-refractivity contribution in [1.82, 2.24) is 5.32 Å². The van der Waals surface area contributed by atoms with Crippen molar-refractivity contribution in [1.29, 1.82) is 0 Å². The number of ether oxygens (including phenoxy) is 2. The van der Waals surface area contributed by atoms with Gasteiger partial charge in [-0.05, 0) is 49.9 Å². The second kappa shape index (κ2) is 7.87. The van der Waals surface area contributed by atoms with Gasteiger partial charge in [-0.2, -0.15) is 0 Å². The lowest BCUT2D eigenvalue weighted by Crippen LogP contribution is -2.36. The first-order valence-electron chi connectivity index (χ1n) is 7.44. The summed E-state index contributed by atoms with van der Waals surface area (Å²) in [4.78, 5) is 0. The normalized spacial score (nSPS) is 20.6. The molecule has 0 amide bonds. The molecule has 1 aromatic carbocycles. The number of halogens is 1. The quantitative estimate of drug-likeness (QED) is 0.862. The van der Waals surface area contributed by atoms with E-state index in [-0.39, 0.29) is 12.1 Å². The highest BCUT2D eigenvalue weighted by Crippen LogP contribution is 2.32. The van der Waals surface area contributed by atoms with Gasteiger partial charge in [0.05, 0.1) is 24.3 Å². The maximum absolute atomic E-state index is 6.25. The van der Waals surface area contributed by atoms with Gasteiger partial charge in [0.15, 0.2) is 0 Å². The Morgan fingerprint density at radius 1 is 1.45 bits per heavy atom.